The molecule has 1 rings (SSSR count). The van der Waals surface area contributed by atoms with Crippen molar-refractivity contribution in [1.82, 2.24) is 4.90 Å². The first-order valence-electron chi connectivity index (χ1n) is 2.60. The van der Waals surface area contributed by atoms with Crippen LogP contribution in [0.15, 0.2) is 0 Å². The molecule has 0 saturated carbocycles. The zero-order valence-electron chi connectivity index (χ0n) is 5.05. The summed E-state index contributed by atoms with van der Waals surface area (Å²) in [6.07, 6.45) is -0.0255. The number of nitrogens with zero attached hydrogens (tertiary/aromatic N) is 1. The Morgan fingerprint density at radius 1 is 1.88 bits per heavy atom. The summed E-state index contributed by atoms with van der Waals surface area (Å²) in [5.41, 5.74) is 0. The van der Waals surface area contributed by atoms with Crippen LogP contribution in [0.25, 0.3) is 0 Å². The number of likely N-dealkylation sites (N-methyl/N-ethyl adjacent to an activating group) is 1. The Labute approximate surface area is 48.2 Å². The second kappa shape index (κ2) is 1.74. The molecule has 0 radical (unpaired) electrons. The lowest BCUT2D eigenvalue weighted by Gasteiger charge is -2.08. The summed E-state index contributed by atoms with van der Waals surface area (Å²) in [6.45, 7) is 2.28. The van der Waals surface area contributed by atoms with Crippen LogP contribution in [0.4, 0.5) is 0 Å². The van der Waals surface area contributed by atoms with E-state index in [-0.39, 0.29) is 12.2 Å². The molecule has 0 spiro atoms. The van der Waals surface area contributed by atoms with Gasteiger partial charge in [-0.15, -0.1) is 0 Å². The summed E-state index contributed by atoms with van der Waals surface area (Å²) in [5.74, 6) is -0.125. The van der Waals surface area contributed by atoms with Crippen LogP contribution in [0.5, 0.6) is 0 Å². The van der Waals surface area contributed by atoms with Crippen LogP contribution in [0, 0.1) is 0 Å². The highest BCUT2D eigenvalue weighted by atomic mass is 16.6. The van der Waals surface area contributed by atoms with Crippen LogP contribution in [0.1, 0.15) is 6.92 Å². The molecule has 1 aliphatic heterocycles. The smallest absolute Gasteiger partial charge is 0.321 e. The Hall–Kier alpha value is -0.570. The Kier molecular flexibility index (Phi) is 1.21. The fourth-order valence-electron chi connectivity index (χ4n) is 0.650. The third kappa shape index (κ3) is 0.816. The molecule has 3 nitrogen and oxygen atoms in total. The van der Waals surface area contributed by atoms with E-state index in [1.807, 2.05) is 18.9 Å². The lowest BCUT2D eigenvalue weighted by Crippen LogP contribution is -2.22. The van der Waals surface area contributed by atoms with Gasteiger partial charge in [0.25, 0.3) is 0 Å². The zero-order valence-corrected chi connectivity index (χ0v) is 5.05. The lowest BCUT2D eigenvalue weighted by molar-refractivity contribution is -0.140. The summed E-state index contributed by atoms with van der Waals surface area (Å²) in [7, 11) is 1.86. The van der Waals surface area contributed by atoms with E-state index in [1.54, 1.807) is 0 Å². The highest BCUT2D eigenvalue weighted by Gasteiger charge is 2.23. The highest BCUT2D eigenvalue weighted by molar-refractivity contribution is 5.73. The van der Waals surface area contributed by atoms with Gasteiger partial charge >= 0.3 is 5.97 Å². The topological polar surface area (TPSA) is 29.5 Å². The monoisotopic (exact) mass is 115 g/mol. The van der Waals surface area contributed by atoms with Crippen molar-refractivity contribution >= 4 is 5.97 Å². The molecule has 0 aromatic rings. The third-order valence-corrected chi connectivity index (χ3v) is 1.30. The summed E-state index contributed by atoms with van der Waals surface area (Å²) >= 11 is 0. The van der Waals surface area contributed by atoms with Crippen molar-refractivity contribution in [1.29, 1.82) is 0 Å². The SMILES string of the molecule is CC1OC(=O)CN1C. The maximum Gasteiger partial charge on any atom is 0.321 e. The number of esters is 1. The van der Waals surface area contributed by atoms with Gasteiger partial charge in [0.2, 0.25) is 0 Å². The molecule has 0 amide bonds. The molecule has 1 atom stereocenters. The molecule has 0 aromatic carbocycles. The molecule has 0 aliphatic carbocycles. The van der Waals surface area contributed by atoms with Crippen LogP contribution >= 0.6 is 0 Å². The lowest BCUT2D eigenvalue weighted by atomic mass is 10.6. The van der Waals surface area contributed by atoms with Gasteiger partial charge in [0.05, 0.1) is 6.54 Å². The van der Waals surface area contributed by atoms with E-state index < -0.39 is 0 Å². The van der Waals surface area contributed by atoms with Gasteiger partial charge in [0.15, 0.2) is 6.23 Å². The van der Waals surface area contributed by atoms with E-state index >= 15 is 0 Å². The van der Waals surface area contributed by atoms with E-state index in [4.69, 9.17) is 4.74 Å². The minimum Gasteiger partial charge on any atom is -0.446 e. The van der Waals surface area contributed by atoms with Crippen molar-refractivity contribution in [3.05, 3.63) is 0 Å². The second-order valence-electron chi connectivity index (χ2n) is 2.00. The Bertz CT molecular complexity index is 101. The first-order chi connectivity index (χ1) is 3.70. The summed E-state index contributed by atoms with van der Waals surface area (Å²) in [6, 6.07) is 0. The van der Waals surface area contributed by atoms with Crippen molar-refractivity contribution in [2.45, 2.75) is 13.2 Å². The highest BCUT2D eigenvalue weighted by Crippen LogP contribution is 2.05. The molecular weight excluding hydrogens is 106 g/mol. The minimum absolute atomic E-state index is 0.0255. The number of carbonyl (C=O) groups excluding carboxylic acids is 1. The molecule has 0 bridgehead atoms. The van der Waals surface area contributed by atoms with Gasteiger partial charge in [-0.1, -0.05) is 0 Å². The maximum atomic E-state index is 10.4. The molecule has 3 heteroatoms. The minimum atomic E-state index is -0.125. The molecule has 1 fully saturated rings. The van der Waals surface area contributed by atoms with Gasteiger partial charge in [-0.3, -0.25) is 9.69 Å². The molecule has 1 saturated heterocycles. The average Bonchev–Trinajstić information content (AvgIpc) is 1.85. The zero-order chi connectivity index (χ0) is 6.15. The third-order valence-electron chi connectivity index (χ3n) is 1.30. The Morgan fingerprint density at radius 2 is 2.50 bits per heavy atom. The first kappa shape index (κ1) is 5.56. The van der Waals surface area contributed by atoms with Crippen molar-refractivity contribution in [3.63, 3.8) is 0 Å². The van der Waals surface area contributed by atoms with Crippen LogP contribution in [-0.2, 0) is 9.53 Å². The van der Waals surface area contributed by atoms with Crippen LogP contribution < -0.4 is 0 Å². The van der Waals surface area contributed by atoms with E-state index in [1.165, 1.54) is 0 Å². The molecular formula is C5H9NO2. The fourth-order valence-corrected chi connectivity index (χ4v) is 0.650. The quantitative estimate of drug-likeness (QED) is 0.410. The number of ether oxygens (including phenoxy) is 1. The largest absolute Gasteiger partial charge is 0.446 e. The van der Waals surface area contributed by atoms with E-state index in [9.17, 15) is 4.79 Å². The summed E-state index contributed by atoms with van der Waals surface area (Å²) in [5, 5.41) is 0. The summed E-state index contributed by atoms with van der Waals surface area (Å²) in [4.78, 5) is 12.2. The van der Waals surface area contributed by atoms with Gasteiger partial charge in [-0.2, -0.15) is 0 Å². The van der Waals surface area contributed by atoms with E-state index in [0.717, 1.165) is 0 Å². The molecule has 1 unspecified atom stereocenters. The van der Waals surface area contributed by atoms with Crippen LogP contribution in [0.2, 0.25) is 0 Å². The number of hydrogen-bond acceptors (Lipinski definition) is 3. The van der Waals surface area contributed by atoms with Crippen molar-refractivity contribution in [2.75, 3.05) is 13.6 Å². The number of cyclic esters (lactones) is 1. The average molecular weight is 115 g/mol. The molecule has 0 aromatic heterocycles. The number of rotatable bonds is 0. The van der Waals surface area contributed by atoms with Gasteiger partial charge in [-0.05, 0) is 14.0 Å². The Balaban J connectivity index is 2.51. The standard InChI is InChI=1S/C5H9NO2/c1-4-6(2)3-5(7)8-4/h4H,3H2,1-2H3. The van der Waals surface area contributed by atoms with Gasteiger partial charge in [0, 0.05) is 0 Å². The predicted molar refractivity (Wildman–Crippen MR) is 28.2 cm³/mol. The van der Waals surface area contributed by atoms with E-state index in [0.29, 0.717) is 6.54 Å². The predicted octanol–water partition coefficient (Wildman–Crippen LogP) is -0.179. The van der Waals surface area contributed by atoms with E-state index in [2.05, 4.69) is 0 Å². The second-order valence-corrected chi connectivity index (χ2v) is 2.00. The van der Waals surface area contributed by atoms with Crippen LogP contribution in [-0.4, -0.2) is 30.7 Å². The maximum absolute atomic E-state index is 10.4. The first-order valence-corrected chi connectivity index (χ1v) is 2.60. The molecule has 8 heavy (non-hydrogen) atoms. The van der Waals surface area contributed by atoms with Crippen molar-refractivity contribution in [2.24, 2.45) is 0 Å². The number of hydrogen-bond donors (Lipinski definition) is 0. The molecule has 1 heterocycles. The van der Waals surface area contributed by atoms with Crippen molar-refractivity contribution < 1.29 is 9.53 Å². The van der Waals surface area contributed by atoms with Gasteiger partial charge in [-0.25, -0.2) is 0 Å². The molecule has 0 N–H and O–H groups in total. The fraction of sp³-hybridized carbons (Fsp3) is 0.800. The Morgan fingerprint density at radius 3 is 2.62 bits per heavy atom. The number of carbonyl (C=O) groups is 1. The van der Waals surface area contributed by atoms with Crippen molar-refractivity contribution in [3.8, 4) is 0 Å². The molecule has 1 aliphatic rings. The van der Waals surface area contributed by atoms with Gasteiger partial charge in [0.1, 0.15) is 0 Å². The van der Waals surface area contributed by atoms with Crippen LogP contribution in [0.3, 0.4) is 0 Å². The van der Waals surface area contributed by atoms with Gasteiger partial charge < -0.3 is 4.74 Å². The summed E-state index contributed by atoms with van der Waals surface area (Å²) < 4.78 is 4.76. The normalized spacial score (nSPS) is 30.8. The molecule has 46 valence electrons.